The molecular weight excluding hydrogens is 276 g/mol. The van der Waals surface area contributed by atoms with Gasteiger partial charge in [-0.05, 0) is 19.8 Å². The third-order valence-corrected chi connectivity index (χ3v) is 3.44. The molecule has 1 fully saturated rings. The second-order valence-electron chi connectivity index (χ2n) is 5.04. The Labute approximate surface area is 122 Å². The maximum absolute atomic E-state index is 12.1. The van der Waals surface area contributed by atoms with E-state index in [2.05, 4.69) is 15.3 Å². The van der Waals surface area contributed by atoms with Gasteiger partial charge in [0.25, 0.3) is 0 Å². The Morgan fingerprint density at radius 1 is 1.57 bits per heavy atom. The van der Waals surface area contributed by atoms with Crippen LogP contribution in [0.15, 0.2) is 12.4 Å². The summed E-state index contributed by atoms with van der Waals surface area (Å²) in [7, 11) is 0. The second-order valence-corrected chi connectivity index (χ2v) is 5.04. The molecule has 0 aromatic carbocycles. The number of nitrogens with zero attached hydrogens (tertiary/aromatic N) is 2. The van der Waals surface area contributed by atoms with E-state index in [1.54, 1.807) is 17.3 Å². The molecule has 3 N–H and O–H groups in total. The summed E-state index contributed by atoms with van der Waals surface area (Å²) < 4.78 is 5.24. The number of amides is 2. The summed E-state index contributed by atoms with van der Waals surface area (Å²) in [6.07, 6.45) is 4.56. The van der Waals surface area contributed by atoms with Gasteiger partial charge >= 0.3 is 12.0 Å². The van der Waals surface area contributed by atoms with Crippen LogP contribution < -0.4 is 5.32 Å². The minimum absolute atomic E-state index is 0.0901. The average Bonchev–Trinajstić information content (AvgIpc) is 3.00. The highest BCUT2D eigenvalue weighted by Crippen LogP contribution is 2.15. The molecule has 8 heteroatoms. The number of carboxylic acid groups (broad SMARTS) is 1. The Hall–Kier alpha value is -2.09. The van der Waals surface area contributed by atoms with Gasteiger partial charge in [-0.1, -0.05) is 0 Å². The summed E-state index contributed by atoms with van der Waals surface area (Å²) in [5.41, 5.74) is 0. The summed E-state index contributed by atoms with van der Waals surface area (Å²) in [6, 6.07) is -0.330. The molecule has 1 saturated heterocycles. The molecule has 116 valence electrons. The van der Waals surface area contributed by atoms with Crippen LogP contribution in [0.1, 0.15) is 31.6 Å². The minimum Gasteiger partial charge on any atom is -0.480 e. The molecule has 1 aromatic heterocycles. The Morgan fingerprint density at radius 2 is 2.29 bits per heavy atom. The van der Waals surface area contributed by atoms with Crippen LogP contribution in [0.25, 0.3) is 0 Å². The molecule has 8 nitrogen and oxygen atoms in total. The minimum atomic E-state index is -0.970. The van der Waals surface area contributed by atoms with E-state index in [9.17, 15) is 9.59 Å². The molecule has 2 heterocycles. The summed E-state index contributed by atoms with van der Waals surface area (Å²) in [5, 5.41) is 11.4. The van der Waals surface area contributed by atoms with Crippen LogP contribution in [0.5, 0.6) is 0 Å². The molecule has 0 radical (unpaired) electrons. The molecule has 1 aliphatic rings. The number of rotatable bonds is 5. The van der Waals surface area contributed by atoms with Crippen molar-refractivity contribution in [2.24, 2.45) is 0 Å². The van der Waals surface area contributed by atoms with Crippen molar-refractivity contribution in [1.82, 2.24) is 20.2 Å². The van der Waals surface area contributed by atoms with Crippen molar-refractivity contribution in [3.8, 4) is 0 Å². The predicted molar refractivity (Wildman–Crippen MR) is 73.7 cm³/mol. The van der Waals surface area contributed by atoms with Crippen molar-refractivity contribution < 1.29 is 19.4 Å². The first kappa shape index (κ1) is 15.3. The van der Waals surface area contributed by atoms with Crippen molar-refractivity contribution in [1.29, 1.82) is 0 Å². The average molecular weight is 296 g/mol. The lowest BCUT2D eigenvalue weighted by Crippen LogP contribution is -2.46. The number of carboxylic acids is 1. The van der Waals surface area contributed by atoms with Crippen molar-refractivity contribution in [3.63, 3.8) is 0 Å². The zero-order valence-corrected chi connectivity index (χ0v) is 11.9. The van der Waals surface area contributed by atoms with Crippen LogP contribution in [-0.2, 0) is 9.53 Å². The molecule has 1 atom stereocenters. The first-order valence-electron chi connectivity index (χ1n) is 6.94. The number of likely N-dealkylation sites (tertiary alicyclic amines) is 1. The number of aliphatic carboxylic acids is 1. The van der Waals surface area contributed by atoms with E-state index in [0.29, 0.717) is 31.8 Å². The van der Waals surface area contributed by atoms with Crippen LogP contribution in [0.2, 0.25) is 0 Å². The number of hydrogen-bond acceptors (Lipinski definition) is 4. The fraction of sp³-hybridized carbons (Fsp3) is 0.615. The number of carbonyl (C=O) groups excluding carboxylic acids is 1. The van der Waals surface area contributed by atoms with Gasteiger partial charge in [0.15, 0.2) is 0 Å². The monoisotopic (exact) mass is 296 g/mol. The van der Waals surface area contributed by atoms with Crippen LogP contribution in [-0.4, -0.2) is 57.8 Å². The van der Waals surface area contributed by atoms with E-state index in [1.165, 1.54) is 0 Å². The molecule has 0 spiro atoms. The normalized spacial score (nSPS) is 17.5. The van der Waals surface area contributed by atoms with E-state index < -0.39 is 5.97 Å². The zero-order valence-electron chi connectivity index (χ0n) is 11.9. The van der Waals surface area contributed by atoms with Gasteiger partial charge in [0.05, 0.1) is 12.1 Å². The van der Waals surface area contributed by atoms with Crippen molar-refractivity contribution >= 4 is 12.0 Å². The van der Waals surface area contributed by atoms with E-state index >= 15 is 0 Å². The van der Waals surface area contributed by atoms with E-state index in [-0.39, 0.29) is 24.8 Å². The van der Waals surface area contributed by atoms with E-state index in [4.69, 9.17) is 9.84 Å². The van der Waals surface area contributed by atoms with Crippen LogP contribution in [0.3, 0.4) is 0 Å². The number of carbonyl (C=O) groups is 2. The molecule has 0 aliphatic carbocycles. The van der Waals surface area contributed by atoms with Gasteiger partial charge in [-0.25, -0.2) is 14.6 Å². The lowest BCUT2D eigenvalue weighted by atomic mass is 10.1. The summed E-state index contributed by atoms with van der Waals surface area (Å²) in [4.78, 5) is 31.3. The lowest BCUT2D eigenvalue weighted by Gasteiger charge is -2.32. The second kappa shape index (κ2) is 7.07. The highest BCUT2D eigenvalue weighted by Gasteiger charge is 2.24. The highest BCUT2D eigenvalue weighted by atomic mass is 16.5. The fourth-order valence-electron chi connectivity index (χ4n) is 2.27. The van der Waals surface area contributed by atoms with Crippen LogP contribution >= 0.6 is 0 Å². The van der Waals surface area contributed by atoms with Crippen LogP contribution in [0.4, 0.5) is 4.79 Å². The molecule has 2 amide bonds. The number of hydrogen-bond donors (Lipinski definition) is 3. The van der Waals surface area contributed by atoms with Crippen molar-refractivity contribution in [2.75, 3.05) is 19.7 Å². The zero-order chi connectivity index (χ0) is 15.2. The number of piperidine rings is 1. The summed E-state index contributed by atoms with van der Waals surface area (Å²) in [6.45, 7) is 2.69. The molecular formula is C13H20N4O4. The lowest BCUT2D eigenvalue weighted by molar-refractivity contribution is -0.145. The molecule has 1 aliphatic heterocycles. The Kier molecular flexibility index (Phi) is 5.15. The number of aromatic amines is 1. The standard InChI is InChI=1S/C13H20N4O4/c1-9(12-14-4-5-15-12)16-13(20)17-6-2-10(3-7-17)21-8-11(18)19/h4-5,9-10H,2-3,6-8H2,1H3,(H,14,15)(H,16,20)(H,18,19). The molecule has 1 aromatic rings. The quantitative estimate of drug-likeness (QED) is 0.743. The number of imidazole rings is 1. The molecule has 1 unspecified atom stereocenters. The van der Waals surface area contributed by atoms with Gasteiger partial charge in [-0.15, -0.1) is 0 Å². The molecule has 21 heavy (non-hydrogen) atoms. The largest absolute Gasteiger partial charge is 0.480 e. The maximum atomic E-state index is 12.1. The van der Waals surface area contributed by atoms with Crippen molar-refractivity contribution in [3.05, 3.63) is 18.2 Å². The van der Waals surface area contributed by atoms with Gasteiger partial charge in [0.1, 0.15) is 12.4 Å². The summed E-state index contributed by atoms with van der Waals surface area (Å²) in [5.74, 6) is -0.259. The number of H-pyrrole nitrogens is 1. The van der Waals surface area contributed by atoms with Crippen LogP contribution in [0, 0.1) is 0 Å². The Bertz CT molecular complexity index is 469. The van der Waals surface area contributed by atoms with Gasteiger partial charge in [-0.2, -0.15) is 0 Å². The number of urea groups is 1. The number of nitrogens with one attached hydrogen (secondary N) is 2. The third kappa shape index (κ3) is 4.45. The SMILES string of the molecule is CC(NC(=O)N1CCC(OCC(=O)O)CC1)c1ncc[nH]1. The van der Waals surface area contributed by atoms with Gasteiger partial charge in [0, 0.05) is 25.5 Å². The highest BCUT2D eigenvalue weighted by molar-refractivity contribution is 5.74. The first-order chi connectivity index (χ1) is 10.1. The number of aromatic nitrogens is 2. The topological polar surface area (TPSA) is 108 Å². The Morgan fingerprint density at radius 3 is 2.86 bits per heavy atom. The molecule has 0 bridgehead atoms. The molecule has 2 rings (SSSR count). The predicted octanol–water partition coefficient (Wildman–Crippen LogP) is 0.746. The first-order valence-corrected chi connectivity index (χ1v) is 6.94. The van der Waals surface area contributed by atoms with Gasteiger partial charge in [-0.3, -0.25) is 0 Å². The van der Waals surface area contributed by atoms with E-state index in [0.717, 1.165) is 0 Å². The smallest absolute Gasteiger partial charge is 0.329 e. The van der Waals surface area contributed by atoms with Gasteiger partial charge in [0.2, 0.25) is 0 Å². The Balaban J connectivity index is 1.74. The molecule has 0 saturated carbocycles. The number of ether oxygens (including phenoxy) is 1. The van der Waals surface area contributed by atoms with Crippen molar-refractivity contribution in [2.45, 2.75) is 31.9 Å². The van der Waals surface area contributed by atoms with Gasteiger partial charge < -0.3 is 25.0 Å². The van der Waals surface area contributed by atoms with E-state index in [1.807, 2.05) is 6.92 Å². The summed E-state index contributed by atoms with van der Waals surface area (Å²) >= 11 is 0. The fourth-order valence-corrected chi connectivity index (χ4v) is 2.27. The maximum Gasteiger partial charge on any atom is 0.329 e. The third-order valence-electron chi connectivity index (χ3n) is 3.44.